The summed E-state index contributed by atoms with van der Waals surface area (Å²) in [5.74, 6) is -0.472. The third-order valence-corrected chi connectivity index (χ3v) is 3.28. The number of hydrogen-bond donors (Lipinski definition) is 1. The van der Waals surface area contributed by atoms with Crippen LogP contribution in [0.1, 0.15) is 47.6 Å². The van der Waals surface area contributed by atoms with Crippen LogP contribution in [-0.2, 0) is 13.5 Å². The quantitative estimate of drug-likeness (QED) is 0.912. The van der Waals surface area contributed by atoms with Gasteiger partial charge in [0, 0.05) is 19.2 Å². The van der Waals surface area contributed by atoms with Crippen molar-refractivity contribution in [2.75, 3.05) is 0 Å². The van der Waals surface area contributed by atoms with E-state index in [4.69, 9.17) is 4.42 Å². The van der Waals surface area contributed by atoms with Crippen LogP contribution in [0.2, 0.25) is 0 Å². The maximum atomic E-state index is 11.2. The number of hydrogen-bond acceptors (Lipinski definition) is 4. The molecule has 0 amide bonds. The molecule has 6 heteroatoms. The normalized spacial score (nSPS) is 14.8. The van der Waals surface area contributed by atoms with Gasteiger partial charge in [-0.3, -0.25) is 4.68 Å². The van der Waals surface area contributed by atoms with E-state index in [9.17, 15) is 9.90 Å². The van der Waals surface area contributed by atoms with Gasteiger partial charge in [-0.05, 0) is 19.3 Å². The second-order valence-corrected chi connectivity index (χ2v) is 4.83. The summed E-state index contributed by atoms with van der Waals surface area (Å²) >= 11 is 0. The largest absolute Gasteiger partial charge is 0.475 e. The summed E-state index contributed by atoms with van der Waals surface area (Å²) in [5.41, 5.74) is 2.22. The van der Waals surface area contributed by atoms with Gasteiger partial charge in [0.05, 0.1) is 17.0 Å². The lowest BCUT2D eigenvalue weighted by atomic mass is 10.2. The third-order valence-electron chi connectivity index (χ3n) is 3.28. The van der Waals surface area contributed by atoms with Crippen molar-refractivity contribution in [2.45, 2.75) is 32.1 Å². The molecule has 0 radical (unpaired) electrons. The minimum Gasteiger partial charge on any atom is -0.475 e. The van der Waals surface area contributed by atoms with Gasteiger partial charge in [-0.15, -0.1) is 0 Å². The molecule has 1 fully saturated rings. The molecule has 1 aliphatic carbocycles. The lowest BCUT2D eigenvalue weighted by molar-refractivity contribution is 0.0661. The van der Waals surface area contributed by atoms with Crippen LogP contribution in [0.4, 0.5) is 0 Å². The molecule has 6 nitrogen and oxygen atoms in total. The molecular formula is C13H15N3O3. The molecule has 0 atom stereocenters. The van der Waals surface area contributed by atoms with Gasteiger partial charge in [-0.1, -0.05) is 6.92 Å². The second-order valence-electron chi connectivity index (χ2n) is 4.83. The number of oxazole rings is 1. The van der Waals surface area contributed by atoms with Crippen molar-refractivity contribution < 1.29 is 14.3 Å². The maximum Gasteiger partial charge on any atom is 0.373 e. The highest BCUT2D eigenvalue weighted by Crippen LogP contribution is 2.42. The molecule has 2 aromatic heterocycles. The van der Waals surface area contributed by atoms with Gasteiger partial charge in [-0.25, -0.2) is 9.78 Å². The zero-order chi connectivity index (χ0) is 13.6. The van der Waals surface area contributed by atoms with Crippen molar-refractivity contribution >= 4 is 5.97 Å². The first-order valence-electron chi connectivity index (χ1n) is 6.37. The summed E-state index contributed by atoms with van der Waals surface area (Å²) in [5, 5.41) is 13.5. The van der Waals surface area contributed by atoms with Gasteiger partial charge in [0.1, 0.15) is 0 Å². The Kier molecular flexibility index (Phi) is 2.66. The van der Waals surface area contributed by atoms with Crippen LogP contribution in [0.3, 0.4) is 0 Å². The molecule has 1 aliphatic rings. The van der Waals surface area contributed by atoms with Crippen LogP contribution < -0.4 is 0 Å². The average molecular weight is 261 g/mol. The van der Waals surface area contributed by atoms with E-state index in [2.05, 4.69) is 10.1 Å². The smallest absolute Gasteiger partial charge is 0.373 e. The Labute approximate surface area is 110 Å². The highest BCUT2D eigenvalue weighted by molar-refractivity contribution is 5.86. The molecule has 2 aromatic rings. The zero-order valence-electron chi connectivity index (χ0n) is 10.9. The third kappa shape index (κ3) is 2.03. The zero-order valence-corrected chi connectivity index (χ0v) is 10.9. The number of carbonyl (C=O) groups is 1. The Morgan fingerprint density at radius 1 is 1.58 bits per heavy atom. The summed E-state index contributed by atoms with van der Waals surface area (Å²) in [6.45, 7) is 1.99. The monoisotopic (exact) mass is 261 g/mol. The van der Waals surface area contributed by atoms with Gasteiger partial charge < -0.3 is 9.52 Å². The molecule has 0 spiro atoms. The fraction of sp³-hybridized carbons (Fsp3) is 0.462. The Morgan fingerprint density at radius 3 is 2.89 bits per heavy atom. The molecule has 1 saturated carbocycles. The summed E-state index contributed by atoms with van der Waals surface area (Å²) in [6.07, 6.45) is 4.53. The van der Waals surface area contributed by atoms with Crippen LogP contribution in [0.15, 0.2) is 10.6 Å². The van der Waals surface area contributed by atoms with Crippen LogP contribution in [0.25, 0.3) is 11.5 Å². The van der Waals surface area contributed by atoms with Gasteiger partial charge in [-0.2, -0.15) is 5.10 Å². The van der Waals surface area contributed by atoms with E-state index in [1.807, 2.05) is 20.2 Å². The molecule has 1 N–H and O–H groups in total. The summed E-state index contributed by atoms with van der Waals surface area (Å²) in [4.78, 5) is 15.6. The summed E-state index contributed by atoms with van der Waals surface area (Å²) in [7, 11) is 1.82. The number of aromatic carboxylic acids is 1. The van der Waals surface area contributed by atoms with E-state index in [0.717, 1.165) is 30.5 Å². The van der Waals surface area contributed by atoms with Crippen LogP contribution in [0, 0.1) is 0 Å². The molecule has 2 heterocycles. The minimum atomic E-state index is -1.05. The van der Waals surface area contributed by atoms with E-state index in [1.54, 1.807) is 4.68 Å². The Hall–Kier alpha value is -2.11. The number of carboxylic acids is 1. The predicted octanol–water partition coefficient (Wildman–Crippen LogP) is 2.21. The fourth-order valence-corrected chi connectivity index (χ4v) is 2.21. The van der Waals surface area contributed by atoms with Crippen LogP contribution >= 0.6 is 0 Å². The van der Waals surface area contributed by atoms with Gasteiger partial charge >= 0.3 is 5.97 Å². The molecule has 19 heavy (non-hydrogen) atoms. The van der Waals surface area contributed by atoms with E-state index >= 15 is 0 Å². The molecule has 0 saturated heterocycles. The molecule has 0 aromatic carbocycles. The van der Waals surface area contributed by atoms with Gasteiger partial charge in [0.2, 0.25) is 11.7 Å². The first kappa shape index (κ1) is 12.0. The average Bonchev–Trinajstić information content (AvgIpc) is 3.00. The predicted molar refractivity (Wildman–Crippen MR) is 67.0 cm³/mol. The van der Waals surface area contributed by atoms with Crippen molar-refractivity contribution in [1.29, 1.82) is 0 Å². The SMILES string of the molecule is CCc1nn(C)cc1-c1nc(C2CC2)c(C(=O)O)o1. The second kappa shape index (κ2) is 4.22. The summed E-state index contributed by atoms with van der Waals surface area (Å²) in [6, 6.07) is 0. The highest BCUT2D eigenvalue weighted by atomic mass is 16.4. The Morgan fingerprint density at radius 2 is 2.32 bits per heavy atom. The Bertz CT molecular complexity index is 638. The molecule has 0 aliphatic heterocycles. The summed E-state index contributed by atoms with van der Waals surface area (Å²) < 4.78 is 7.15. The standard InChI is InChI=1S/C13H15N3O3/c1-3-9-8(6-16(2)15-9)12-14-10(7-4-5-7)11(19-12)13(17)18/h6-7H,3-5H2,1-2H3,(H,17,18). The van der Waals surface area contributed by atoms with Crippen molar-refractivity contribution in [2.24, 2.45) is 7.05 Å². The number of rotatable bonds is 4. The van der Waals surface area contributed by atoms with E-state index in [1.165, 1.54) is 0 Å². The molecule has 3 rings (SSSR count). The molecule has 0 bridgehead atoms. The number of carboxylic acid groups (broad SMARTS) is 1. The molecular weight excluding hydrogens is 246 g/mol. The minimum absolute atomic E-state index is 0.0246. The fourth-order valence-electron chi connectivity index (χ4n) is 2.21. The van der Waals surface area contributed by atoms with Crippen LogP contribution in [0.5, 0.6) is 0 Å². The first-order valence-corrected chi connectivity index (χ1v) is 6.37. The van der Waals surface area contributed by atoms with Crippen LogP contribution in [-0.4, -0.2) is 25.8 Å². The van der Waals surface area contributed by atoms with Crippen molar-refractivity contribution in [3.63, 3.8) is 0 Å². The van der Waals surface area contributed by atoms with Gasteiger partial charge in [0.25, 0.3) is 0 Å². The first-order chi connectivity index (χ1) is 9.10. The number of nitrogens with zero attached hydrogens (tertiary/aromatic N) is 3. The van der Waals surface area contributed by atoms with E-state index in [-0.39, 0.29) is 11.7 Å². The Balaban J connectivity index is 2.09. The van der Waals surface area contributed by atoms with E-state index in [0.29, 0.717) is 11.6 Å². The van der Waals surface area contributed by atoms with E-state index < -0.39 is 5.97 Å². The highest BCUT2D eigenvalue weighted by Gasteiger charge is 2.34. The number of aryl methyl sites for hydroxylation is 2. The van der Waals surface area contributed by atoms with Crippen molar-refractivity contribution in [1.82, 2.24) is 14.8 Å². The topological polar surface area (TPSA) is 81.2 Å². The molecule has 0 unspecified atom stereocenters. The van der Waals surface area contributed by atoms with Crippen molar-refractivity contribution in [3.05, 3.63) is 23.3 Å². The lowest BCUT2D eigenvalue weighted by Crippen LogP contribution is -1.98. The van der Waals surface area contributed by atoms with Gasteiger partial charge in [0.15, 0.2) is 0 Å². The van der Waals surface area contributed by atoms with Crippen molar-refractivity contribution in [3.8, 4) is 11.5 Å². The molecule has 100 valence electrons. The lowest BCUT2D eigenvalue weighted by Gasteiger charge is -1.92. The maximum absolute atomic E-state index is 11.2. The number of aromatic nitrogens is 3.